The molecule has 1 saturated carbocycles. The third-order valence-electron chi connectivity index (χ3n) is 4.52. The molecule has 0 atom stereocenters. The monoisotopic (exact) mass is 368 g/mol. The maximum atomic E-state index is 12.2. The first-order valence-electron chi connectivity index (χ1n) is 8.81. The molecule has 1 amide bonds. The molecule has 0 aliphatic heterocycles. The van der Waals surface area contributed by atoms with Gasteiger partial charge in [-0.25, -0.2) is 8.42 Å². The molecule has 6 nitrogen and oxygen atoms in total. The lowest BCUT2D eigenvalue weighted by Crippen LogP contribution is -2.38. The first-order chi connectivity index (χ1) is 11.9. The average molecular weight is 368 g/mol. The first kappa shape index (κ1) is 19.6. The van der Waals surface area contributed by atoms with E-state index >= 15 is 0 Å². The molecule has 2 rings (SSSR count). The topological polar surface area (TPSA) is 75.7 Å². The number of hydrogen-bond acceptors (Lipinski definition) is 4. The molecule has 0 aromatic heterocycles. The molecule has 1 aromatic carbocycles. The second-order valence-corrected chi connectivity index (χ2v) is 8.45. The summed E-state index contributed by atoms with van der Waals surface area (Å²) < 4.78 is 30.6. The molecule has 1 aliphatic rings. The highest BCUT2D eigenvalue weighted by molar-refractivity contribution is 7.92. The van der Waals surface area contributed by atoms with E-state index in [-0.39, 0.29) is 24.9 Å². The van der Waals surface area contributed by atoms with E-state index in [0.29, 0.717) is 11.4 Å². The van der Waals surface area contributed by atoms with Crippen molar-refractivity contribution in [3.05, 3.63) is 24.3 Å². The van der Waals surface area contributed by atoms with Crippen molar-refractivity contribution in [1.29, 1.82) is 0 Å². The van der Waals surface area contributed by atoms with E-state index in [1.165, 1.54) is 17.1 Å². The van der Waals surface area contributed by atoms with Gasteiger partial charge in [0.1, 0.15) is 5.75 Å². The smallest absolute Gasteiger partial charge is 0.232 e. The Labute approximate surface area is 150 Å². The molecule has 1 aromatic rings. The quantitative estimate of drug-likeness (QED) is 0.751. The van der Waals surface area contributed by atoms with Gasteiger partial charge >= 0.3 is 0 Å². The zero-order valence-corrected chi connectivity index (χ0v) is 15.8. The van der Waals surface area contributed by atoms with E-state index in [0.717, 1.165) is 31.9 Å². The molecule has 0 unspecified atom stereocenters. The summed E-state index contributed by atoms with van der Waals surface area (Å²) in [6, 6.07) is 7.01. The number of ether oxygens (including phenoxy) is 1. The van der Waals surface area contributed by atoms with Gasteiger partial charge in [0.15, 0.2) is 0 Å². The number of sulfonamides is 1. The van der Waals surface area contributed by atoms with Gasteiger partial charge < -0.3 is 10.1 Å². The van der Waals surface area contributed by atoms with Crippen LogP contribution in [0.25, 0.3) is 0 Å². The van der Waals surface area contributed by atoms with Gasteiger partial charge in [-0.2, -0.15) is 0 Å². The summed E-state index contributed by atoms with van der Waals surface area (Å²) in [6.07, 6.45) is 8.08. The van der Waals surface area contributed by atoms with Gasteiger partial charge in [-0.15, -0.1) is 0 Å². The van der Waals surface area contributed by atoms with E-state index in [2.05, 4.69) is 5.32 Å². The fourth-order valence-electron chi connectivity index (χ4n) is 3.16. The van der Waals surface area contributed by atoms with Crippen molar-refractivity contribution in [3.8, 4) is 5.75 Å². The lowest BCUT2D eigenvalue weighted by Gasteiger charge is -2.23. The van der Waals surface area contributed by atoms with Gasteiger partial charge in [0, 0.05) is 19.0 Å². The molecule has 140 valence electrons. The first-order valence-corrected chi connectivity index (χ1v) is 10.7. The number of carbonyl (C=O) groups excluding carboxylic acids is 1. The maximum absolute atomic E-state index is 12.2. The van der Waals surface area contributed by atoms with Gasteiger partial charge in [0.05, 0.1) is 19.1 Å². The molecule has 0 spiro atoms. The number of anilines is 1. The van der Waals surface area contributed by atoms with E-state index in [1.807, 2.05) is 0 Å². The van der Waals surface area contributed by atoms with Crippen LogP contribution in [0.2, 0.25) is 0 Å². The minimum atomic E-state index is -3.46. The number of hydrogen-bond donors (Lipinski definition) is 1. The van der Waals surface area contributed by atoms with Crippen LogP contribution in [-0.2, 0) is 14.8 Å². The van der Waals surface area contributed by atoms with Gasteiger partial charge in [0.25, 0.3) is 0 Å². The number of nitrogens with zero attached hydrogens (tertiary/aromatic N) is 1. The number of methoxy groups -OCH3 is 1. The Hall–Kier alpha value is -1.76. The highest BCUT2D eigenvalue weighted by atomic mass is 32.2. The Balaban J connectivity index is 1.96. The Bertz CT molecular complexity index is 650. The Morgan fingerprint density at radius 3 is 2.28 bits per heavy atom. The van der Waals surface area contributed by atoms with Crippen LogP contribution in [0.15, 0.2) is 24.3 Å². The highest BCUT2D eigenvalue weighted by Crippen LogP contribution is 2.22. The Morgan fingerprint density at radius 1 is 1.16 bits per heavy atom. The molecule has 1 aliphatic carbocycles. The fourth-order valence-corrected chi connectivity index (χ4v) is 4.09. The number of amides is 1. The zero-order chi connectivity index (χ0) is 18.3. The van der Waals surface area contributed by atoms with Crippen molar-refractivity contribution in [3.63, 3.8) is 0 Å². The van der Waals surface area contributed by atoms with Crippen molar-refractivity contribution >= 4 is 21.6 Å². The predicted octanol–water partition coefficient (Wildman–Crippen LogP) is 2.69. The molecular formula is C18H28N2O4S. The minimum Gasteiger partial charge on any atom is -0.497 e. The molecule has 0 radical (unpaired) electrons. The lowest BCUT2D eigenvalue weighted by atomic mass is 10.1. The van der Waals surface area contributed by atoms with Gasteiger partial charge in [-0.1, -0.05) is 25.7 Å². The SMILES string of the molecule is COc1ccc(N(CCC(=O)NC2CCCCCC2)S(C)(=O)=O)cc1. The van der Waals surface area contributed by atoms with Crippen LogP contribution in [0.5, 0.6) is 5.75 Å². The summed E-state index contributed by atoms with van der Waals surface area (Å²) in [5.74, 6) is 0.567. The van der Waals surface area contributed by atoms with E-state index in [4.69, 9.17) is 4.74 Å². The van der Waals surface area contributed by atoms with Crippen molar-refractivity contribution < 1.29 is 17.9 Å². The lowest BCUT2D eigenvalue weighted by molar-refractivity contribution is -0.121. The minimum absolute atomic E-state index is 0.0888. The van der Waals surface area contributed by atoms with Crippen molar-refractivity contribution in [1.82, 2.24) is 5.32 Å². The molecule has 25 heavy (non-hydrogen) atoms. The molecule has 0 heterocycles. The van der Waals surface area contributed by atoms with Crippen molar-refractivity contribution in [2.24, 2.45) is 0 Å². The van der Waals surface area contributed by atoms with Gasteiger partial charge in [-0.05, 0) is 37.1 Å². The molecule has 1 N–H and O–H groups in total. The molecule has 7 heteroatoms. The van der Waals surface area contributed by atoms with Crippen LogP contribution in [-0.4, -0.2) is 40.3 Å². The summed E-state index contributed by atoms with van der Waals surface area (Å²) in [5.41, 5.74) is 0.533. The molecule has 1 fully saturated rings. The summed E-state index contributed by atoms with van der Waals surface area (Å²) >= 11 is 0. The van der Waals surface area contributed by atoms with E-state index in [9.17, 15) is 13.2 Å². The predicted molar refractivity (Wildman–Crippen MR) is 99.4 cm³/mol. The van der Waals surface area contributed by atoms with Crippen LogP contribution in [0, 0.1) is 0 Å². The summed E-state index contributed by atoms with van der Waals surface area (Å²) in [5, 5.41) is 3.05. The summed E-state index contributed by atoms with van der Waals surface area (Å²) in [4.78, 5) is 12.2. The average Bonchev–Trinajstić information content (AvgIpc) is 2.83. The van der Waals surface area contributed by atoms with Crippen molar-refractivity contribution in [2.75, 3.05) is 24.2 Å². The number of benzene rings is 1. The Morgan fingerprint density at radius 2 is 1.76 bits per heavy atom. The van der Waals surface area contributed by atoms with Crippen LogP contribution in [0.1, 0.15) is 44.9 Å². The maximum Gasteiger partial charge on any atom is 0.232 e. The van der Waals surface area contributed by atoms with Crippen LogP contribution < -0.4 is 14.4 Å². The summed E-state index contributed by atoms with van der Waals surface area (Å²) in [7, 11) is -1.90. The standard InChI is InChI=1S/C18H28N2O4S/c1-24-17-11-9-16(10-12-17)20(25(2,22)23)14-13-18(21)19-15-7-5-3-4-6-8-15/h9-12,15H,3-8,13-14H2,1-2H3,(H,19,21). The van der Waals surface area contributed by atoms with Crippen LogP contribution >= 0.6 is 0 Å². The summed E-state index contributed by atoms with van der Waals surface area (Å²) in [6.45, 7) is 0.129. The second kappa shape index (κ2) is 9.08. The number of carbonyl (C=O) groups is 1. The van der Waals surface area contributed by atoms with Gasteiger partial charge in [-0.3, -0.25) is 9.10 Å². The van der Waals surface area contributed by atoms with Crippen molar-refractivity contribution in [2.45, 2.75) is 51.0 Å². The second-order valence-electron chi connectivity index (χ2n) is 6.54. The highest BCUT2D eigenvalue weighted by Gasteiger charge is 2.20. The zero-order valence-electron chi connectivity index (χ0n) is 15.0. The Kier molecular flexibility index (Phi) is 7.11. The largest absolute Gasteiger partial charge is 0.497 e. The molecule has 0 saturated heterocycles. The number of rotatable bonds is 7. The van der Waals surface area contributed by atoms with Crippen LogP contribution in [0.4, 0.5) is 5.69 Å². The third kappa shape index (κ3) is 6.23. The third-order valence-corrected chi connectivity index (χ3v) is 5.72. The molecule has 0 bridgehead atoms. The normalized spacial score (nSPS) is 16.1. The van der Waals surface area contributed by atoms with E-state index < -0.39 is 10.0 Å². The fraction of sp³-hybridized carbons (Fsp3) is 0.611. The number of nitrogens with one attached hydrogen (secondary N) is 1. The van der Waals surface area contributed by atoms with Crippen LogP contribution in [0.3, 0.4) is 0 Å². The van der Waals surface area contributed by atoms with Gasteiger partial charge in [0.2, 0.25) is 15.9 Å². The van der Waals surface area contributed by atoms with E-state index in [1.54, 1.807) is 31.4 Å². The molecular weight excluding hydrogens is 340 g/mol.